The molecule has 140 valence electrons. The molecule has 0 bridgehead atoms. The van der Waals surface area contributed by atoms with Gasteiger partial charge < -0.3 is 16.0 Å². The van der Waals surface area contributed by atoms with Gasteiger partial charge in [0, 0.05) is 12.6 Å². The second kappa shape index (κ2) is 8.49. The molecule has 6 heteroatoms. The number of rotatable bonds is 6. The molecular formula is C21H23N3O3. The van der Waals surface area contributed by atoms with E-state index in [1.54, 1.807) is 24.3 Å². The van der Waals surface area contributed by atoms with E-state index in [0.717, 1.165) is 18.4 Å². The summed E-state index contributed by atoms with van der Waals surface area (Å²) in [5.74, 6) is -1.68. The second-order valence-electron chi connectivity index (χ2n) is 6.77. The van der Waals surface area contributed by atoms with Crippen LogP contribution in [-0.2, 0) is 9.59 Å². The summed E-state index contributed by atoms with van der Waals surface area (Å²) < 4.78 is 0. The standard InChI is InChI=1S/C21H23N3O3/c1-14(15-7-3-2-4-8-15)13-22-20(26)21(27)24-18-10-6-5-9-17(18)19(25)23-16-11-12-16/h2-10,14,16H,11-13H2,1H3,(H,22,26)(H,23,25)(H,24,27)/t14-/m0/s1. The fourth-order valence-corrected chi connectivity index (χ4v) is 2.69. The van der Waals surface area contributed by atoms with Gasteiger partial charge in [-0.2, -0.15) is 0 Å². The molecular weight excluding hydrogens is 342 g/mol. The summed E-state index contributed by atoms with van der Waals surface area (Å²) in [5.41, 5.74) is 1.76. The van der Waals surface area contributed by atoms with E-state index in [-0.39, 0.29) is 17.9 Å². The fourth-order valence-electron chi connectivity index (χ4n) is 2.69. The van der Waals surface area contributed by atoms with Gasteiger partial charge in [0.25, 0.3) is 5.91 Å². The van der Waals surface area contributed by atoms with Crippen molar-refractivity contribution in [2.24, 2.45) is 0 Å². The summed E-state index contributed by atoms with van der Waals surface area (Å²) in [6.45, 7) is 2.32. The van der Waals surface area contributed by atoms with Crippen LogP contribution in [0.5, 0.6) is 0 Å². The SMILES string of the molecule is C[C@@H](CNC(=O)C(=O)Nc1ccccc1C(=O)NC1CC1)c1ccccc1. The van der Waals surface area contributed by atoms with Gasteiger partial charge in [0.2, 0.25) is 0 Å². The predicted octanol–water partition coefficient (Wildman–Crippen LogP) is 2.44. The van der Waals surface area contributed by atoms with Crippen molar-refractivity contribution in [2.45, 2.75) is 31.7 Å². The lowest BCUT2D eigenvalue weighted by Gasteiger charge is -2.14. The zero-order valence-corrected chi connectivity index (χ0v) is 15.2. The Labute approximate surface area is 158 Å². The van der Waals surface area contributed by atoms with E-state index >= 15 is 0 Å². The molecule has 1 saturated carbocycles. The molecule has 1 aliphatic rings. The molecule has 1 aliphatic carbocycles. The largest absolute Gasteiger partial charge is 0.349 e. The number of anilines is 1. The highest BCUT2D eigenvalue weighted by Gasteiger charge is 2.25. The van der Waals surface area contributed by atoms with Crippen LogP contribution in [0, 0.1) is 0 Å². The van der Waals surface area contributed by atoms with E-state index in [9.17, 15) is 14.4 Å². The van der Waals surface area contributed by atoms with Crippen LogP contribution in [0.25, 0.3) is 0 Å². The topological polar surface area (TPSA) is 87.3 Å². The molecule has 6 nitrogen and oxygen atoms in total. The van der Waals surface area contributed by atoms with Crippen molar-refractivity contribution in [3.05, 3.63) is 65.7 Å². The third-order valence-electron chi connectivity index (χ3n) is 4.48. The molecule has 1 fully saturated rings. The Morgan fingerprint density at radius 2 is 1.63 bits per heavy atom. The first kappa shape index (κ1) is 18.6. The minimum absolute atomic E-state index is 0.0829. The van der Waals surface area contributed by atoms with E-state index in [4.69, 9.17) is 0 Å². The lowest BCUT2D eigenvalue weighted by molar-refractivity contribution is -0.136. The van der Waals surface area contributed by atoms with Gasteiger partial charge in [0.15, 0.2) is 0 Å². The van der Waals surface area contributed by atoms with Crippen molar-refractivity contribution in [3.63, 3.8) is 0 Å². The lowest BCUT2D eigenvalue weighted by atomic mass is 10.0. The number of hydrogen-bond donors (Lipinski definition) is 3. The van der Waals surface area contributed by atoms with E-state index < -0.39 is 11.8 Å². The average Bonchev–Trinajstić information content (AvgIpc) is 3.50. The molecule has 0 spiro atoms. The van der Waals surface area contributed by atoms with E-state index in [0.29, 0.717) is 17.8 Å². The summed E-state index contributed by atoms with van der Waals surface area (Å²) in [4.78, 5) is 36.6. The number of para-hydroxylation sites is 1. The zero-order chi connectivity index (χ0) is 19.2. The first-order valence-corrected chi connectivity index (χ1v) is 9.08. The molecule has 1 atom stereocenters. The summed E-state index contributed by atoms with van der Waals surface area (Å²) >= 11 is 0. The third-order valence-corrected chi connectivity index (χ3v) is 4.48. The van der Waals surface area contributed by atoms with Gasteiger partial charge in [-0.05, 0) is 36.5 Å². The number of benzene rings is 2. The van der Waals surface area contributed by atoms with E-state index in [1.165, 1.54) is 0 Å². The first-order valence-electron chi connectivity index (χ1n) is 9.08. The molecule has 0 unspecified atom stereocenters. The Bertz CT molecular complexity index is 832. The molecule has 0 aromatic heterocycles. The number of carbonyl (C=O) groups excluding carboxylic acids is 3. The highest BCUT2D eigenvalue weighted by atomic mass is 16.2. The van der Waals surface area contributed by atoms with Gasteiger partial charge in [0.05, 0.1) is 11.3 Å². The number of nitrogens with one attached hydrogen (secondary N) is 3. The van der Waals surface area contributed by atoms with Crippen molar-refractivity contribution in [1.82, 2.24) is 10.6 Å². The third kappa shape index (κ3) is 5.17. The molecule has 2 aromatic rings. The maximum absolute atomic E-state index is 12.3. The smallest absolute Gasteiger partial charge is 0.313 e. The van der Waals surface area contributed by atoms with Crippen molar-refractivity contribution in [2.75, 3.05) is 11.9 Å². The Balaban J connectivity index is 1.56. The Kier molecular flexibility index (Phi) is 5.86. The summed E-state index contributed by atoms with van der Waals surface area (Å²) in [6.07, 6.45) is 1.95. The van der Waals surface area contributed by atoms with E-state index in [1.807, 2.05) is 37.3 Å². The van der Waals surface area contributed by atoms with Crippen molar-refractivity contribution in [3.8, 4) is 0 Å². The average molecular weight is 365 g/mol. The molecule has 0 radical (unpaired) electrons. The summed E-state index contributed by atoms with van der Waals surface area (Å²) in [5, 5.41) is 8.06. The maximum atomic E-state index is 12.3. The molecule has 0 heterocycles. The van der Waals surface area contributed by atoms with Crippen molar-refractivity contribution >= 4 is 23.4 Å². The van der Waals surface area contributed by atoms with Gasteiger partial charge in [-0.3, -0.25) is 14.4 Å². The van der Waals surface area contributed by atoms with Crippen LogP contribution in [0.15, 0.2) is 54.6 Å². The van der Waals surface area contributed by atoms with Gasteiger partial charge >= 0.3 is 11.8 Å². The maximum Gasteiger partial charge on any atom is 0.313 e. The summed E-state index contributed by atoms with van der Waals surface area (Å²) in [7, 11) is 0. The highest BCUT2D eigenvalue weighted by Crippen LogP contribution is 2.21. The van der Waals surface area contributed by atoms with Crippen LogP contribution in [0.4, 0.5) is 5.69 Å². The Morgan fingerprint density at radius 1 is 0.963 bits per heavy atom. The number of amides is 3. The van der Waals surface area contributed by atoms with Gasteiger partial charge in [-0.15, -0.1) is 0 Å². The molecule has 2 aromatic carbocycles. The van der Waals surface area contributed by atoms with Crippen LogP contribution in [0.3, 0.4) is 0 Å². The quantitative estimate of drug-likeness (QED) is 0.687. The zero-order valence-electron chi connectivity index (χ0n) is 15.2. The molecule has 0 aliphatic heterocycles. The summed E-state index contributed by atoms with van der Waals surface area (Å²) in [6, 6.07) is 16.6. The number of hydrogen-bond acceptors (Lipinski definition) is 3. The minimum atomic E-state index is -0.790. The van der Waals surface area contributed by atoms with Crippen LogP contribution in [0.1, 0.15) is 41.6 Å². The molecule has 3 N–H and O–H groups in total. The van der Waals surface area contributed by atoms with Gasteiger partial charge in [-0.25, -0.2) is 0 Å². The first-order chi connectivity index (χ1) is 13.0. The van der Waals surface area contributed by atoms with Crippen LogP contribution in [-0.4, -0.2) is 30.3 Å². The number of carbonyl (C=O) groups is 3. The predicted molar refractivity (Wildman–Crippen MR) is 103 cm³/mol. The van der Waals surface area contributed by atoms with Crippen LogP contribution >= 0.6 is 0 Å². The fraction of sp³-hybridized carbons (Fsp3) is 0.286. The molecule has 0 saturated heterocycles. The molecule has 3 amide bonds. The second-order valence-corrected chi connectivity index (χ2v) is 6.77. The minimum Gasteiger partial charge on any atom is -0.349 e. The van der Waals surface area contributed by atoms with Crippen LogP contribution in [0.2, 0.25) is 0 Å². The Hall–Kier alpha value is -3.15. The lowest BCUT2D eigenvalue weighted by Crippen LogP contribution is -2.37. The van der Waals surface area contributed by atoms with Crippen molar-refractivity contribution in [1.29, 1.82) is 0 Å². The van der Waals surface area contributed by atoms with Crippen LogP contribution < -0.4 is 16.0 Å². The monoisotopic (exact) mass is 365 g/mol. The van der Waals surface area contributed by atoms with Gasteiger partial charge in [0.1, 0.15) is 0 Å². The van der Waals surface area contributed by atoms with Crippen molar-refractivity contribution < 1.29 is 14.4 Å². The Morgan fingerprint density at radius 3 is 2.33 bits per heavy atom. The normalized spacial score (nSPS) is 14.1. The van der Waals surface area contributed by atoms with E-state index in [2.05, 4.69) is 16.0 Å². The molecule has 3 rings (SSSR count). The molecule has 27 heavy (non-hydrogen) atoms. The highest BCUT2D eigenvalue weighted by molar-refractivity contribution is 6.40. The van der Waals surface area contributed by atoms with Gasteiger partial charge in [-0.1, -0.05) is 49.4 Å².